The molecule has 2 aromatic carbocycles. The Kier molecular flexibility index (Phi) is 2.79. The average molecular weight is 381 g/mol. The molecule has 114 valence electrons. The molecule has 1 heterocycles. The minimum absolute atomic E-state index is 0.0724. The zero-order chi connectivity index (χ0) is 15.8. The Morgan fingerprint density at radius 1 is 1.09 bits per heavy atom. The second kappa shape index (κ2) is 4.58. The smallest absolute Gasteiger partial charge is 0.0433 e. The SMILES string of the molecule is CC1(C)c2cc(Br)ccc2-c2c1ccc1c3c(sc21)CCC=C3. The van der Waals surface area contributed by atoms with Crippen LogP contribution in [0.5, 0.6) is 0 Å². The van der Waals surface area contributed by atoms with E-state index in [0.29, 0.717) is 0 Å². The molecule has 0 spiro atoms. The highest BCUT2D eigenvalue weighted by atomic mass is 79.9. The van der Waals surface area contributed by atoms with Crippen molar-refractivity contribution in [3.05, 3.63) is 62.4 Å². The molecular weight excluding hydrogens is 364 g/mol. The van der Waals surface area contributed by atoms with Crippen molar-refractivity contribution < 1.29 is 0 Å². The maximum absolute atomic E-state index is 3.65. The van der Waals surface area contributed by atoms with E-state index in [1.54, 1.807) is 4.88 Å². The van der Waals surface area contributed by atoms with E-state index in [1.165, 1.54) is 55.2 Å². The normalized spacial score (nSPS) is 17.2. The average Bonchev–Trinajstić information content (AvgIpc) is 3.02. The number of allylic oxidation sites excluding steroid dienone is 1. The molecule has 0 atom stereocenters. The van der Waals surface area contributed by atoms with Crippen LogP contribution >= 0.6 is 27.3 Å². The van der Waals surface area contributed by atoms with Gasteiger partial charge in [-0.3, -0.25) is 0 Å². The molecule has 0 radical (unpaired) electrons. The third kappa shape index (κ3) is 1.77. The van der Waals surface area contributed by atoms with E-state index >= 15 is 0 Å². The predicted molar refractivity (Wildman–Crippen MR) is 104 cm³/mol. The molecule has 0 aliphatic heterocycles. The lowest BCUT2D eigenvalue weighted by molar-refractivity contribution is 0.660. The summed E-state index contributed by atoms with van der Waals surface area (Å²) < 4.78 is 2.65. The largest absolute Gasteiger partial charge is 0.139 e. The molecule has 0 saturated heterocycles. The van der Waals surface area contributed by atoms with Crippen LogP contribution in [-0.2, 0) is 11.8 Å². The van der Waals surface area contributed by atoms with Gasteiger partial charge in [-0.25, -0.2) is 0 Å². The summed E-state index contributed by atoms with van der Waals surface area (Å²) in [5.41, 5.74) is 7.34. The maximum Gasteiger partial charge on any atom is 0.0433 e. The van der Waals surface area contributed by atoms with Gasteiger partial charge in [-0.15, -0.1) is 11.3 Å². The fraction of sp³-hybridized carbons (Fsp3) is 0.238. The Labute approximate surface area is 149 Å². The van der Waals surface area contributed by atoms with Crippen molar-refractivity contribution in [2.24, 2.45) is 0 Å². The van der Waals surface area contributed by atoms with E-state index in [9.17, 15) is 0 Å². The van der Waals surface area contributed by atoms with Crippen LogP contribution < -0.4 is 0 Å². The van der Waals surface area contributed by atoms with Crippen molar-refractivity contribution in [1.82, 2.24) is 0 Å². The molecule has 0 bridgehead atoms. The van der Waals surface area contributed by atoms with Crippen molar-refractivity contribution in [2.75, 3.05) is 0 Å². The second-order valence-electron chi connectivity index (χ2n) is 7.06. The first kappa shape index (κ1) is 14.0. The Balaban J connectivity index is 1.93. The van der Waals surface area contributed by atoms with E-state index in [2.05, 4.69) is 72.3 Å². The summed E-state index contributed by atoms with van der Waals surface area (Å²) in [6.45, 7) is 4.70. The standard InChI is InChI=1S/C21H17BrS/c1-21(2)16-10-9-14-13-5-3-4-6-18(13)23-20(14)19(16)15-8-7-12(22)11-17(15)21/h3,5,7-11H,4,6H2,1-2H3. The minimum Gasteiger partial charge on any atom is -0.139 e. The van der Waals surface area contributed by atoms with Crippen LogP contribution in [-0.4, -0.2) is 0 Å². The Hall–Kier alpha value is -1.38. The summed E-state index contributed by atoms with van der Waals surface area (Å²) >= 11 is 5.66. The molecule has 0 unspecified atom stereocenters. The molecule has 1 aromatic heterocycles. The number of benzene rings is 2. The molecule has 0 fully saturated rings. The number of halogens is 1. The van der Waals surface area contributed by atoms with Crippen LogP contribution in [0.2, 0.25) is 0 Å². The first-order valence-electron chi connectivity index (χ1n) is 8.13. The highest BCUT2D eigenvalue weighted by molar-refractivity contribution is 9.10. The number of rotatable bonds is 0. The monoisotopic (exact) mass is 380 g/mol. The number of hydrogen-bond acceptors (Lipinski definition) is 1. The third-order valence-corrected chi connectivity index (χ3v) is 7.19. The summed E-state index contributed by atoms with van der Waals surface area (Å²) in [6.07, 6.45) is 7.01. The quantitative estimate of drug-likeness (QED) is 0.396. The van der Waals surface area contributed by atoms with Gasteiger partial charge in [0.25, 0.3) is 0 Å². The number of thiophene rings is 1. The van der Waals surface area contributed by atoms with Gasteiger partial charge in [0.2, 0.25) is 0 Å². The molecule has 23 heavy (non-hydrogen) atoms. The molecule has 2 heteroatoms. The van der Waals surface area contributed by atoms with E-state index in [4.69, 9.17) is 0 Å². The van der Waals surface area contributed by atoms with Crippen molar-refractivity contribution in [3.63, 3.8) is 0 Å². The minimum atomic E-state index is 0.0724. The van der Waals surface area contributed by atoms with Crippen LogP contribution in [0.4, 0.5) is 0 Å². The second-order valence-corrected chi connectivity index (χ2v) is 9.08. The Morgan fingerprint density at radius 2 is 1.96 bits per heavy atom. The Bertz CT molecular complexity index is 1000. The number of aryl methyl sites for hydroxylation is 1. The summed E-state index contributed by atoms with van der Waals surface area (Å²) in [5.74, 6) is 0. The van der Waals surface area contributed by atoms with Crippen molar-refractivity contribution in [1.29, 1.82) is 0 Å². The molecule has 0 saturated carbocycles. The highest BCUT2D eigenvalue weighted by Gasteiger charge is 2.37. The number of fused-ring (bicyclic) bond motifs is 7. The number of hydrogen-bond donors (Lipinski definition) is 0. The first-order valence-corrected chi connectivity index (χ1v) is 9.74. The summed E-state index contributed by atoms with van der Waals surface area (Å²) in [4.78, 5) is 1.55. The van der Waals surface area contributed by atoms with Crippen LogP contribution in [0.3, 0.4) is 0 Å². The fourth-order valence-electron chi connectivity index (χ4n) is 4.20. The van der Waals surface area contributed by atoms with Gasteiger partial charge < -0.3 is 0 Å². The first-order chi connectivity index (χ1) is 11.1. The maximum atomic E-state index is 3.65. The summed E-state index contributed by atoms with van der Waals surface area (Å²) in [5, 5.41) is 1.44. The van der Waals surface area contributed by atoms with Gasteiger partial charge >= 0.3 is 0 Å². The zero-order valence-corrected chi connectivity index (χ0v) is 15.6. The molecule has 0 N–H and O–H groups in total. The van der Waals surface area contributed by atoms with Gasteiger partial charge in [0.15, 0.2) is 0 Å². The van der Waals surface area contributed by atoms with E-state index in [0.717, 1.165) is 0 Å². The van der Waals surface area contributed by atoms with Crippen LogP contribution in [0.1, 0.15) is 41.8 Å². The van der Waals surface area contributed by atoms with E-state index in [-0.39, 0.29) is 5.41 Å². The molecule has 5 rings (SSSR count). The highest BCUT2D eigenvalue weighted by Crippen LogP contribution is 2.54. The van der Waals surface area contributed by atoms with Gasteiger partial charge in [-0.1, -0.05) is 60.1 Å². The lowest BCUT2D eigenvalue weighted by Gasteiger charge is -2.21. The van der Waals surface area contributed by atoms with Gasteiger partial charge in [0.05, 0.1) is 0 Å². The molecule has 0 amide bonds. The topological polar surface area (TPSA) is 0 Å². The Morgan fingerprint density at radius 3 is 2.83 bits per heavy atom. The van der Waals surface area contributed by atoms with Crippen LogP contribution in [0, 0.1) is 0 Å². The van der Waals surface area contributed by atoms with Gasteiger partial charge in [-0.05, 0) is 47.2 Å². The van der Waals surface area contributed by atoms with E-state index in [1.807, 2.05) is 11.3 Å². The molecular formula is C21H17BrS. The van der Waals surface area contributed by atoms with Crippen LogP contribution in [0.25, 0.3) is 27.3 Å². The third-order valence-electron chi connectivity index (χ3n) is 5.39. The zero-order valence-electron chi connectivity index (χ0n) is 13.2. The summed E-state index contributed by atoms with van der Waals surface area (Å²) in [7, 11) is 0. The van der Waals surface area contributed by atoms with Gasteiger partial charge in [-0.2, -0.15) is 0 Å². The van der Waals surface area contributed by atoms with Gasteiger partial charge in [0.1, 0.15) is 0 Å². The van der Waals surface area contributed by atoms with E-state index < -0.39 is 0 Å². The fourth-order valence-corrected chi connectivity index (χ4v) is 5.92. The predicted octanol–water partition coefficient (Wildman–Crippen LogP) is 6.93. The molecule has 0 nitrogen and oxygen atoms in total. The molecule has 2 aliphatic carbocycles. The van der Waals surface area contributed by atoms with Gasteiger partial charge in [0, 0.05) is 30.4 Å². The van der Waals surface area contributed by atoms with Crippen molar-refractivity contribution in [2.45, 2.75) is 32.1 Å². The lowest BCUT2D eigenvalue weighted by Crippen LogP contribution is -2.14. The molecule has 2 aliphatic rings. The lowest BCUT2D eigenvalue weighted by atomic mass is 9.82. The summed E-state index contributed by atoms with van der Waals surface area (Å²) in [6, 6.07) is 11.5. The van der Waals surface area contributed by atoms with Crippen LogP contribution in [0.15, 0.2) is 40.9 Å². The van der Waals surface area contributed by atoms with Crippen molar-refractivity contribution >= 4 is 43.4 Å². The van der Waals surface area contributed by atoms with Crippen molar-refractivity contribution in [3.8, 4) is 11.1 Å². The molecule has 3 aromatic rings.